The zero-order chi connectivity index (χ0) is 14.5. The second-order valence-corrected chi connectivity index (χ2v) is 7.15. The maximum atomic E-state index is 6.36. The summed E-state index contributed by atoms with van der Waals surface area (Å²) in [5, 5.41) is 4.35. The summed E-state index contributed by atoms with van der Waals surface area (Å²) in [4.78, 5) is 2.28. The smallest absolute Gasteiger partial charge is 0.0471 e. The predicted molar refractivity (Wildman–Crippen MR) is 89.7 cm³/mol. The monoisotopic (exact) mass is 300 g/mol. The van der Waals surface area contributed by atoms with Crippen LogP contribution in [0.3, 0.4) is 0 Å². The van der Waals surface area contributed by atoms with Crippen LogP contribution < -0.4 is 10.2 Å². The minimum atomic E-state index is 0.0915. The Bertz CT molecular complexity index is 402. The summed E-state index contributed by atoms with van der Waals surface area (Å²) in [7, 11) is 2.13. The van der Waals surface area contributed by atoms with Crippen LogP contribution >= 0.6 is 23.4 Å². The Morgan fingerprint density at radius 3 is 2.58 bits per heavy atom. The second-order valence-electron chi connectivity index (χ2n) is 5.76. The van der Waals surface area contributed by atoms with Gasteiger partial charge in [0.15, 0.2) is 0 Å². The Kier molecular flexibility index (Phi) is 6.51. The van der Waals surface area contributed by atoms with Crippen molar-refractivity contribution in [2.24, 2.45) is 0 Å². The van der Waals surface area contributed by atoms with Gasteiger partial charge in [0, 0.05) is 47.7 Å². The molecule has 1 aromatic rings. The van der Waals surface area contributed by atoms with Crippen LogP contribution in [0.4, 0.5) is 5.69 Å². The summed E-state index contributed by atoms with van der Waals surface area (Å²) in [5.74, 6) is 1.12. The van der Waals surface area contributed by atoms with E-state index in [0.29, 0.717) is 0 Å². The van der Waals surface area contributed by atoms with Crippen molar-refractivity contribution in [1.29, 1.82) is 0 Å². The van der Waals surface area contributed by atoms with Gasteiger partial charge in [-0.15, -0.1) is 0 Å². The minimum Gasteiger partial charge on any atom is -0.373 e. The fourth-order valence-electron chi connectivity index (χ4n) is 1.78. The average Bonchev–Trinajstić information content (AvgIpc) is 2.33. The highest BCUT2D eigenvalue weighted by Gasteiger charge is 2.14. The highest BCUT2D eigenvalue weighted by Crippen LogP contribution is 2.27. The van der Waals surface area contributed by atoms with Crippen LogP contribution in [-0.2, 0) is 6.54 Å². The summed E-state index contributed by atoms with van der Waals surface area (Å²) in [6.45, 7) is 8.33. The molecule has 0 spiro atoms. The molecule has 0 aliphatic heterocycles. The minimum absolute atomic E-state index is 0.0915. The van der Waals surface area contributed by atoms with E-state index in [1.165, 1.54) is 11.3 Å². The molecule has 0 heterocycles. The molecule has 0 amide bonds. The van der Waals surface area contributed by atoms with E-state index in [1.54, 1.807) is 0 Å². The Hall–Kier alpha value is -0.380. The van der Waals surface area contributed by atoms with Gasteiger partial charge in [0.2, 0.25) is 0 Å². The van der Waals surface area contributed by atoms with Crippen molar-refractivity contribution in [1.82, 2.24) is 5.32 Å². The quantitative estimate of drug-likeness (QED) is 0.854. The average molecular weight is 301 g/mol. The highest BCUT2D eigenvalue weighted by atomic mass is 35.5. The third kappa shape index (κ3) is 5.64. The van der Waals surface area contributed by atoms with E-state index in [4.69, 9.17) is 11.6 Å². The molecule has 0 saturated carbocycles. The van der Waals surface area contributed by atoms with Crippen molar-refractivity contribution < 1.29 is 0 Å². The number of hydrogen-bond donors (Lipinski definition) is 1. The Labute approximate surface area is 126 Å². The number of halogens is 1. The standard InChI is InChI=1S/C15H25ClN2S/c1-15(2,3)17-11-12-13(16)7-6-8-14(12)18(4)9-10-19-5/h6-8,17H,9-11H2,1-5H3. The fraction of sp³-hybridized carbons (Fsp3) is 0.600. The lowest BCUT2D eigenvalue weighted by Gasteiger charge is -2.26. The number of nitrogens with zero attached hydrogens (tertiary/aromatic N) is 1. The molecule has 1 aromatic carbocycles. The molecule has 0 saturated heterocycles. The van der Waals surface area contributed by atoms with E-state index in [9.17, 15) is 0 Å². The first kappa shape index (κ1) is 16.7. The molecule has 0 atom stereocenters. The van der Waals surface area contributed by atoms with Crippen molar-refractivity contribution in [2.75, 3.05) is 30.5 Å². The van der Waals surface area contributed by atoms with Crippen LogP contribution in [-0.4, -0.2) is 31.1 Å². The Balaban J connectivity index is 2.88. The topological polar surface area (TPSA) is 15.3 Å². The normalized spacial score (nSPS) is 11.7. The third-order valence-corrected chi connectivity index (χ3v) is 3.88. The van der Waals surface area contributed by atoms with Gasteiger partial charge in [-0.1, -0.05) is 17.7 Å². The molecule has 1 N–H and O–H groups in total. The maximum absolute atomic E-state index is 6.36. The summed E-state index contributed by atoms with van der Waals surface area (Å²) < 4.78 is 0. The van der Waals surface area contributed by atoms with E-state index < -0.39 is 0 Å². The van der Waals surface area contributed by atoms with Crippen molar-refractivity contribution >= 4 is 29.1 Å². The Morgan fingerprint density at radius 1 is 1.32 bits per heavy atom. The van der Waals surface area contributed by atoms with Crippen molar-refractivity contribution in [3.05, 3.63) is 28.8 Å². The van der Waals surface area contributed by atoms with Gasteiger partial charge in [-0.25, -0.2) is 0 Å². The number of hydrogen-bond acceptors (Lipinski definition) is 3. The molecule has 1 rings (SSSR count). The van der Waals surface area contributed by atoms with Crippen LogP contribution in [0.2, 0.25) is 5.02 Å². The van der Waals surface area contributed by atoms with E-state index in [0.717, 1.165) is 23.9 Å². The lowest BCUT2D eigenvalue weighted by molar-refractivity contribution is 0.424. The predicted octanol–water partition coefficient (Wildman–Crippen LogP) is 4.03. The molecule has 0 radical (unpaired) electrons. The molecule has 0 unspecified atom stereocenters. The van der Waals surface area contributed by atoms with Gasteiger partial charge in [0.25, 0.3) is 0 Å². The van der Waals surface area contributed by atoms with Gasteiger partial charge in [-0.05, 0) is 39.2 Å². The van der Waals surface area contributed by atoms with E-state index in [1.807, 2.05) is 23.9 Å². The molecular weight excluding hydrogens is 276 g/mol. The molecule has 0 fully saturated rings. The van der Waals surface area contributed by atoms with Gasteiger partial charge >= 0.3 is 0 Å². The second kappa shape index (κ2) is 7.41. The maximum Gasteiger partial charge on any atom is 0.0471 e. The molecule has 2 nitrogen and oxygen atoms in total. The van der Waals surface area contributed by atoms with Crippen molar-refractivity contribution in [3.8, 4) is 0 Å². The number of thioether (sulfide) groups is 1. The molecule has 0 bridgehead atoms. The lowest BCUT2D eigenvalue weighted by atomic mass is 10.1. The summed E-state index contributed by atoms with van der Waals surface area (Å²) in [6.07, 6.45) is 2.13. The largest absolute Gasteiger partial charge is 0.373 e. The van der Waals surface area contributed by atoms with Crippen LogP contribution in [0.25, 0.3) is 0 Å². The molecule has 0 aromatic heterocycles. The van der Waals surface area contributed by atoms with E-state index >= 15 is 0 Å². The molecular formula is C15H25ClN2S. The zero-order valence-corrected chi connectivity index (χ0v) is 14.2. The molecule has 0 aliphatic carbocycles. The molecule has 108 valence electrons. The first-order valence-corrected chi connectivity index (χ1v) is 8.35. The Morgan fingerprint density at radius 2 is 2.00 bits per heavy atom. The van der Waals surface area contributed by atoms with Gasteiger partial charge in [-0.3, -0.25) is 0 Å². The van der Waals surface area contributed by atoms with Gasteiger partial charge in [-0.2, -0.15) is 11.8 Å². The van der Waals surface area contributed by atoms with Crippen molar-refractivity contribution in [2.45, 2.75) is 32.9 Å². The van der Waals surface area contributed by atoms with Crippen LogP contribution in [0.15, 0.2) is 18.2 Å². The third-order valence-electron chi connectivity index (χ3n) is 2.93. The first-order chi connectivity index (χ1) is 8.85. The first-order valence-electron chi connectivity index (χ1n) is 6.57. The summed E-state index contributed by atoms with van der Waals surface area (Å²) in [6, 6.07) is 6.13. The van der Waals surface area contributed by atoms with Crippen LogP contribution in [0, 0.1) is 0 Å². The van der Waals surface area contributed by atoms with E-state index in [2.05, 4.69) is 50.4 Å². The van der Waals surface area contributed by atoms with Gasteiger partial charge < -0.3 is 10.2 Å². The fourth-order valence-corrected chi connectivity index (χ4v) is 2.47. The highest BCUT2D eigenvalue weighted by molar-refractivity contribution is 7.98. The molecule has 4 heteroatoms. The number of anilines is 1. The molecule has 0 aliphatic rings. The number of benzene rings is 1. The molecule has 19 heavy (non-hydrogen) atoms. The van der Waals surface area contributed by atoms with Gasteiger partial charge in [0.1, 0.15) is 0 Å². The lowest BCUT2D eigenvalue weighted by Crippen LogP contribution is -2.35. The summed E-state index contributed by atoms with van der Waals surface area (Å²) >= 11 is 8.23. The van der Waals surface area contributed by atoms with Crippen LogP contribution in [0.1, 0.15) is 26.3 Å². The SMILES string of the molecule is CSCCN(C)c1cccc(Cl)c1CNC(C)(C)C. The number of nitrogens with one attached hydrogen (secondary N) is 1. The van der Waals surface area contributed by atoms with E-state index in [-0.39, 0.29) is 5.54 Å². The summed E-state index contributed by atoms with van der Waals surface area (Å²) in [5.41, 5.74) is 2.50. The van der Waals surface area contributed by atoms with Gasteiger partial charge in [0.05, 0.1) is 0 Å². The number of rotatable bonds is 6. The zero-order valence-electron chi connectivity index (χ0n) is 12.6. The van der Waals surface area contributed by atoms with Crippen molar-refractivity contribution in [3.63, 3.8) is 0 Å². The van der Waals surface area contributed by atoms with Crippen LogP contribution in [0.5, 0.6) is 0 Å².